The molecule has 1 heteroatoms. The van der Waals surface area contributed by atoms with Gasteiger partial charge in [0.05, 0.1) is 6.61 Å². The molecule has 0 N–H and O–H groups in total. The highest BCUT2D eigenvalue weighted by atomic mass is 16.5. The third kappa shape index (κ3) is 2.76. The van der Waals surface area contributed by atoms with Crippen LogP contribution in [0.2, 0.25) is 0 Å². The first-order valence-corrected chi connectivity index (χ1v) is 5.00. The molecule has 13 heavy (non-hydrogen) atoms. The third-order valence-corrected chi connectivity index (χ3v) is 2.04. The number of ether oxygens (including phenoxy) is 1. The van der Waals surface area contributed by atoms with Crippen LogP contribution in [0, 0.1) is 6.92 Å². The fourth-order valence-electron chi connectivity index (χ4n) is 1.43. The van der Waals surface area contributed by atoms with Gasteiger partial charge in [0.2, 0.25) is 0 Å². The van der Waals surface area contributed by atoms with E-state index in [2.05, 4.69) is 32.0 Å². The van der Waals surface area contributed by atoms with Crippen molar-refractivity contribution < 1.29 is 4.74 Å². The third-order valence-electron chi connectivity index (χ3n) is 2.04. The second kappa shape index (κ2) is 4.90. The summed E-state index contributed by atoms with van der Waals surface area (Å²) in [5.74, 6) is 1.06. The predicted molar refractivity (Wildman–Crippen MR) is 56.3 cm³/mol. The van der Waals surface area contributed by atoms with Gasteiger partial charge in [0.1, 0.15) is 5.75 Å². The molecule has 0 aliphatic heterocycles. The second-order valence-corrected chi connectivity index (χ2v) is 3.29. The van der Waals surface area contributed by atoms with E-state index in [0.717, 1.165) is 18.8 Å². The minimum atomic E-state index is 0.750. The van der Waals surface area contributed by atoms with Gasteiger partial charge in [0.15, 0.2) is 0 Å². The van der Waals surface area contributed by atoms with Crippen molar-refractivity contribution in [2.75, 3.05) is 6.61 Å². The van der Waals surface area contributed by atoms with Crippen molar-refractivity contribution in [1.82, 2.24) is 0 Å². The van der Waals surface area contributed by atoms with Crippen LogP contribution in [0.5, 0.6) is 5.75 Å². The molecule has 0 atom stereocenters. The van der Waals surface area contributed by atoms with E-state index >= 15 is 0 Å². The van der Waals surface area contributed by atoms with Crippen LogP contribution >= 0.6 is 0 Å². The molecule has 1 rings (SSSR count). The quantitative estimate of drug-likeness (QED) is 0.687. The number of hydrogen-bond acceptors (Lipinski definition) is 1. The first-order valence-electron chi connectivity index (χ1n) is 5.00. The lowest BCUT2D eigenvalue weighted by Crippen LogP contribution is -1.96. The smallest absolute Gasteiger partial charge is 0.122 e. The second-order valence-electron chi connectivity index (χ2n) is 3.29. The van der Waals surface area contributed by atoms with E-state index in [1.165, 1.54) is 17.5 Å². The minimum absolute atomic E-state index is 0.750. The Labute approximate surface area is 80.7 Å². The van der Waals surface area contributed by atoms with E-state index in [0.29, 0.717) is 0 Å². The van der Waals surface area contributed by atoms with Gasteiger partial charge in [-0.25, -0.2) is 0 Å². The lowest BCUT2D eigenvalue weighted by atomic mass is 10.1. The summed E-state index contributed by atoms with van der Waals surface area (Å²) in [5.41, 5.74) is 2.60. The van der Waals surface area contributed by atoms with Crippen LogP contribution < -0.4 is 4.74 Å². The van der Waals surface area contributed by atoms with Gasteiger partial charge in [-0.2, -0.15) is 0 Å². The van der Waals surface area contributed by atoms with Crippen molar-refractivity contribution >= 4 is 0 Å². The summed E-state index contributed by atoms with van der Waals surface area (Å²) in [6.45, 7) is 7.06. The number of rotatable bonds is 4. The van der Waals surface area contributed by atoms with Gasteiger partial charge in [0.25, 0.3) is 0 Å². The maximum Gasteiger partial charge on any atom is 0.122 e. The number of hydrogen-bond donors (Lipinski definition) is 0. The lowest BCUT2D eigenvalue weighted by Gasteiger charge is -2.09. The fraction of sp³-hybridized carbons (Fsp3) is 0.500. The monoisotopic (exact) mass is 178 g/mol. The average molecular weight is 178 g/mol. The Morgan fingerprint density at radius 3 is 2.62 bits per heavy atom. The molecule has 0 spiro atoms. The Kier molecular flexibility index (Phi) is 3.81. The summed E-state index contributed by atoms with van der Waals surface area (Å²) in [6.07, 6.45) is 2.28. The van der Waals surface area contributed by atoms with E-state index in [1.807, 2.05) is 6.92 Å². The molecule has 0 aliphatic carbocycles. The first-order chi connectivity index (χ1) is 6.27. The van der Waals surface area contributed by atoms with Crippen molar-refractivity contribution in [2.24, 2.45) is 0 Å². The van der Waals surface area contributed by atoms with Gasteiger partial charge >= 0.3 is 0 Å². The van der Waals surface area contributed by atoms with Crippen molar-refractivity contribution in [3.05, 3.63) is 29.3 Å². The van der Waals surface area contributed by atoms with Crippen LogP contribution in [-0.4, -0.2) is 6.61 Å². The molecule has 0 aliphatic rings. The van der Waals surface area contributed by atoms with Gasteiger partial charge in [-0.15, -0.1) is 0 Å². The zero-order valence-corrected chi connectivity index (χ0v) is 8.76. The van der Waals surface area contributed by atoms with Crippen LogP contribution in [-0.2, 0) is 6.42 Å². The summed E-state index contributed by atoms with van der Waals surface area (Å²) >= 11 is 0. The Balaban J connectivity index is 2.89. The molecule has 1 nitrogen and oxygen atoms in total. The molecule has 0 amide bonds. The van der Waals surface area contributed by atoms with E-state index in [4.69, 9.17) is 4.74 Å². The molecular formula is C12H18O. The molecule has 0 fully saturated rings. The van der Waals surface area contributed by atoms with Crippen molar-refractivity contribution in [1.29, 1.82) is 0 Å². The molecule has 0 heterocycles. The highest BCUT2D eigenvalue weighted by Crippen LogP contribution is 2.21. The Morgan fingerprint density at radius 1 is 1.23 bits per heavy atom. The molecule has 0 aromatic heterocycles. The lowest BCUT2D eigenvalue weighted by molar-refractivity contribution is 0.336. The molecule has 0 saturated carbocycles. The Hall–Kier alpha value is -0.980. The van der Waals surface area contributed by atoms with Crippen LogP contribution in [0.15, 0.2) is 18.2 Å². The van der Waals surface area contributed by atoms with Crippen molar-refractivity contribution in [3.63, 3.8) is 0 Å². The molecule has 1 aromatic carbocycles. The summed E-state index contributed by atoms with van der Waals surface area (Å²) < 4.78 is 5.57. The number of aryl methyl sites for hydroxylation is 2. The largest absolute Gasteiger partial charge is 0.494 e. The molecular weight excluding hydrogens is 160 g/mol. The maximum atomic E-state index is 5.57. The van der Waals surface area contributed by atoms with Crippen LogP contribution in [0.1, 0.15) is 31.4 Å². The summed E-state index contributed by atoms with van der Waals surface area (Å²) in [4.78, 5) is 0. The van der Waals surface area contributed by atoms with E-state index in [9.17, 15) is 0 Å². The average Bonchev–Trinajstić information content (AvgIpc) is 2.10. The van der Waals surface area contributed by atoms with Crippen LogP contribution in [0.3, 0.4) is 0 Å². The maximum absolute atomic E-state index is 5.57. The topological polar surface area (TPSA) is 9.23 Å². The fourth-order valence-corrected chi connectivity index (χ4v) is 1.43. The van der Waals surface area contributed by atoms with Gasteiger partial charge in [0, 0.05) is 0 Å². The first kappa shape index (κ1) is 10.1. The van der Waals surface area contributed by atoms with Gasteiger partial charge < -0.3 is 4.74 Å². The molecule has 0 saturated heterocycles. The molecule has 0 radical (unpaired) electrons. The normalized spacial score (nSPS) is 10.1. The van der Waals surface area contributed by atoms with Gasteiger partial charge in [-0.3, -0.25) is 0 Å². The van der Waals surface area contributed by atoms with Gasteiger partial charge in [-0.1, -0.05) is 25.5 Å². The van der Waals surface area contributed by atoms with E-state index in [-0.39, 0.29) is 0 Å². The van der Waals surface area contributed by atoms with Crippen LogP contribution in [0.4, 0.5) is 0 Å². The van der Waals surface area contributed by atoms with Crippen molar-refractivity contribution in [2.45, 2.75) is 33.6 Å². The number of benzene rings is 1. The van der Waals surface area contributed by atoms with Crippen molar-refractivity contribution in [3.8, 4) is 5.75 Å². The Bertz CT molecular complexity index is 266. The summed E-state index contributed by atoms with van der Waals surface area (Å²) in [6, 6.07) is 6.44. The molecule has 0 unspecified atom stereocenters. The molecule has 0 bridgehead atoms. The molecule has 72 valence electrons. The van der Waals surface area contributed by atoms with E-state index in [1.54, 1.807) is 0 Å². The van der Waals surface area contributed by atoms with E-state index < -0.39 is 0 Å². The highest BCUT2D eigenvalue weighted by Gasteiger charge is 2.01. The summed E-state index contributed by atoms with van der Waals surface area (Å²) in [7, 11) is 0. The highest BCUT2D eigenvalue weighted by molar-refractivity contribution is 5.37. The van der Waals surface area contributed by atoms with Gasteiger partial charge in [-0.05, 0) is 37.5 Å². The minimum Gasteiger partial charge on any atom is -0.494 e. The predicted octanol–water partition coefficient (Wildman–Crippen LogP) is 3.35. The standard InChI is InChI=1S/C12H18O/c1-4-6-11-8-7-10(3)9-12(11)13-5-2/h7-9H,4-6H2,1-3H3. The summed E-state index contributed by atoms with van der Waals surface area (Å²) in [5, 5.41) is 0. The zero-order valence-electron chi connectivity index (χ0n) is 8.76. The zero-order chi connectivity index (χ0) is 9.68. The Morgan fingerprint density at radius 2 is 2.00 bits per heavy atom. The van der Waals surface area contributed by atoms with Crippen LogP contribution in [0.25, 0.3) is 0 Å². The molecule has 1 aromatic rings. The SMILES string of the molecule is CCCc1ccc(C)cc1OCC.